The quantitative estimate of drug-likeness (QED) is 0.659. The number of amides is 1. The second-order valence-corrected chi connectivity index (χ2v) is 9.27. The van der Waals surface area contributed by atoms with Gasteiger partial charge in [0, 0.05) is 25.9 Å². The fraction of sp³-hybridized carbons (Fsp3) is 0.500. The molecule has 0 aliphatic rings. The molecule has 0 spiro atoms. The third-order valence-corrected chi connectivity index (χ3v) is 4.53. The number of carbonyl (C=O) groups excluding carboxylic acids is 2. The van der Waals surface area contributed by atoms with Gasteiger partial charge in [-0.05, 0) is 56.9 Å². The molecule has 1 N–H and O–H groups in total. The van der Waals surface area contributed by atoms with E-state index in [-0.39, 0.29) is 24.5 Å². The Morgan fingerprint density at radius 2 is 1.88 bits per heavy atom. The summed E-state index contributed by atoms with van der Waals surface area (Å²) in [5.74, 6) is -0.375. The minimum absolute atomic E-state index is 0.132. The van der Waals surface area contributed by atoms with E-state index >= 15 is 0 Å². The Kier molecular flexibility index (Phi) is 8.19. The van der Waals surface area contributed by atoms with Crippen LogP contribution in [0.3, 0.4) is 0 Å². The third kappa shape index (κ3) is 7.21. The number of aryl methyl sites for hydroxylation is 2. The summed E-state index contributed by atoms with van der Waals surface area (Å²) in [6.45, 7) is 11.2. The zero-order chi connectivity index (χ0) is 24.1. The summed E-state index contributed by atoms with van der Waals surface area (Å²) in [5, 5.41) is 2.60. The van der Waals surface area contributed by atoms with Crippen molar-refractivity contribution < 1.29 is 19.1 Å². The fourth-order valence-electron chi connectivity index (χ4n) is 2.95. The first-order valence-electron chi connectivity index (χ1n) is 10.6. The molecule has 0 unspecified atom stereocenters. The number of aromatic nitrogens is 2. The summed E-state index contributed by atoms with van der Waals surface area (Å²) in [6, 6.07) is 4.46. The summed E-state index contributed by atoms with van der Waals surface area (Å²) in [4.78, 5) is 41.8. The Balaban J connectivity index is 2.23. The van der Waals surface area contributed by atoms with Gasteiger partial charge in [-0.1, -0.05) is 19.9 Å². The van der Waals surface area contributed by atoms with E-state index in [0.29, 0.717) is 16.8 Å². The van der Waals surface area contributed by atoms with Gasteiger partial charge in [0.15, 0.2) is 0 Å². The molecule has 0 aliphatic carbocycles. The second-order valence-electron chi connectivity index (χ2n) is 9.27. The van der Waals surface area contributed by atoms with Crippen LogP contribution in [-0.2, 0) is 27.7 Å². The van der Waals surface area contributed by atoms with Crippen molar-refractivity contribution in [3.63, 3.8) is 0 Å². The van der Waals surface area contributed by atoms with Crippen LogP contribution in [-0.4, -0.2) is 39.9 Å². The fourth-order valence-corrected chi connectivity index (χ4v) is 2.95. The summed E-state index contributed by atoms with van der Waals surface area (Å²) in [6.07, 6.45) is 2.79. The monoisotopic (exact) mass is 443 g/mol. The molecule has 0 saturated heterocycles. The van der Waals surface area contributed by atoms with Crippen molar-refractivity contribution in [2.75, 3.05) is 6.61 Å². The van der Waals surface area contributed by atoms with Gasteiger partial charge in [0.05, 0.1) is 17.9 Å². The highest BCUT2D eigenvalue weighted by Gasteiger charge is 2.26. The van der Waals surface area contributed by atoms with Crippen molar-refractivity contribution in [1.29, 1.82) is 0 Å². The van der Waals surface area contributed by atoms with Crippen LogP contribution in [0.2, 0.25) is 0 Å². The zero-order valence-electron chi connectivity index (χ0n) is 19.9. The minimum atomic E-state index is -0.928. The number of pyridine rings is 2. The van der Waals surface area contributed by atoms with Crippen LogP contribution < -0.4 is 10.9 Å². The summed E-state index contributed by atoms with van der Waals surface area (Å²) in [7, 11) is 1.69. The maximum atomic E-state index is 12.6. The molecule has 1 atom stereocenters. The molecule has 8 nitrogen and oxygen atoms in total. The Morgan fingerprint density at radius 3 is 2.44 bits per heavy atom. The summed E-state index contributed by atoms with van der Waals surface area (Å²) >= 11 is 0. The molecule has 2 aromatic heterocycles. The van der Waals surface area contributed by atoms with Crippen LogP contribution in [0.25, 0.3) is 11.3 Å². The number of nitrogens with one attached hydrogen (secondary N) is 1. The number of hydrogen-bond donors (Lipinski definition) is 1. The average molecular weight is 444 g/mol. The van der Waals surface area contributed by atoms with E-state index in [1.54, 1.807) is 52.3 Å². The highest BCUT2D eigenvalue weighted by Crippen LogP contribution is 2.18. The molecule has 8 heteroatoms. The normalized spacial score (nSPS) is 12.4. The van der Waals surface area contributed by atoms with E-state index in [9.17, 15) is 14.4 Å². The van der Waals surface area contributed by atoms with Crippen molar-refractivity contribution in [2.24, 2.45) is 13.0 Å². The molecule has 32 heavy (non-hydrogen) atoms. The lowest BCUT2D eigenvalue weighted by Crippen LogP contribution is -2.45. The van der Waals surface area contributed by atoms with Crippen molar-refractivity contribution in [2.45, 2.75) is 59.6 Å². The summed E-state index contributed by atoms with van der Waals surface area (Å²) < 4.78 is 12.1. The Hall–Kier alpha value is -3.16. The molecule has 2 aromatic rings. The lowest BCUT2D eigenvalue weighted by Gasteiger charge is -2.23. The molecule has 0 radical (unpaired) electrons. The Labute approximate surface area is 189 Å². The van der Waals surface area contributed by atoms with Crippen LogP contribution in [0, 0.1) is 12.8 Å². The van der Waals surface area contributed by atoms with E-state index in [0.717, 1.165) is 5.56 Å². The van der Waals surface area contributed by atoms with Crippen LogP contribution in [0.5, 0.6) is 0 Å². The van der Waals surface area contributed by atoms with Gasteiger partial charge in [-0.3, -0.25) is 9.78 Å². The maximum Gasteiger partial charge on any atom is 0.408 e. The molecule has 0 bridgehead atoms. The standard InChI is InChI=1S/C24H33N3O5/c1-15(2)14-31-22(29)19(26-23(30)32-24(4,5)6)12-17-8-9-18(25-13-17)20-16(3)10-11-27(7)21(20)28/h8-11,13,15,19H,12,14H2,1-7H3,(H,26,30)/t19-/m0/s1. The van der Waals surface area contributed by atoms with Gasteiger partial charge >= 0.3 is 12.1 Å². The van der Waals surface area contributed by atoms with Gasteiger partial charge in [0.2, 0.25) is 0 Å². The van der Waals surface area contributed by atoms with Gasteiger partial charge in [-0.2, -0.15) is 0 Å². The number of esters is 1. The van der Waals surface area contributed by atoms with Crippen molar-refractivity contribution in [3.05, 3.63) is 52.1 Å². The molecule has 0 fully saturated rings. The number of nitrogens with zero attached hydrogens (tertiary/aromatic N) is 2. The molecule has 0 aromatic carbocycles. The second kappa shape index (κ2) is 10.4. The number of hydrogen-bond acceptors (Lipinski definition) is 6. The molecule has 2 heterocycles. The van der Waals surface area contributed by atoms with E-state index in [2.05, 4.69) is 10.3 Å². The minimum Gasteiger partial charge on any atom is -0.464 e. The van der Waals surface area contributed by atoms with E-state index in [1.807, 2.05) is 26.8 Å². The topological polar surface area (TPSA) is 99.5 Å². The lowest BCUT2D eigenvalue weighted by molar-refractivity contribution is -0.147. The van der Waals surface area contributed by atoms with E-state index in [1.165, 1.54) is 4.57 Å². The van der Waals surface area contributed by atoms with Crippen LogP contribution >= 0.6 is 0 Å². The highest BCUT2D eigenvalue weighted by atomic mass is 16.6. The largest absolute Gasteiger partial charge is 0.464 e. The molecule has 1 amide bonds. The smallest absolute Gasteiger partial charge is 0.408 e. The van der Waals surface area contributed by atoms with Crippen molar-refractivity contribution in [3.8, 4) is 11.3 Å². The Bertz CT molecular complexity index is 1000. The van der Waals surface area contributed by atoms with Gasteiger partial charge in [-0.15, -0.1) is 0 Å². The first-order chi connectivity index (χ1) is 14.9. The third-order valence-electron chi connectivity index (χ3n) is 4.53. The van der Waals surface area contributed by atoms with Crippen molar-refractivity contribution >= 4 is 12.1 Å². The SMILES string of the molecule is Cc1ccn(C)c(=O)c1-c1ccc(C[C@H](NC(=O)OC(C)(C)C)C(=O)OCC(C)C)cn1. The van der Waals surface area contributed by atoms with Crippen molar-refractivity contribution in [1.82, 2.24) is 14.9 Å². The van der Waals surface area contributed by atoms with E-state index in [4.69, 9.17) is 9.47 Å². The highest BCUT2D eigenvalue weighted by molar-refractivity contribution is 5.81. The maximum absolute atomic E-state index is 12.6. The number of ether oxygens (including phenoxy) is 2. The molecular weight excluding hydrogens is 410 g/mol. The van der Waals surface area contributed by atoms with Gasteiger partial charge in [0.1, 0.15) is 11.6 Å². The van der Waals surface area contributed by atoms with Gasteiger partial charge < -0.3 is 19.4 Å². The molecule has 0 saturated carbocycles. The Morgan fingerprint density at radius 1 is 1.19 bits per heavy atom. The van der Waals surface area contributed by atoms with Gasteiger partial charge in [0.25, 0.3) is 5.56 Å². The predicted octanol–water partition coefficient (Wildman–Crippen LogP) is 3.39. The lowest BCUT2D eigenvalue weighted by atomic mass is 10.0. The molecule has 2 rings (SSSR count). The first kappa shape index (κ1) is 25.1. The number of alkyl carbamates (subject to hydrolysis) is 1. The first-order valence-corrected chi connectivity index (χ1v) is 10.6. The molecule has 0 aliphatic heterocycles. The van der Waals surface area contributed by atoms with Crippen LogP contribution in [0.1, 0.15) is 45.7 Å². The van der Waals surface area contributed by atoms with Crippen LogP contribution in [0.4, 0.5) is 4.79 Å². The number of rotatable bonds is 7. The summed E-state index contributed by atoms with van der Waals surface area (Å²) in [5.41, 5.74) is 1.79. The van der Waals surface area contributed by atoms with Crippen LogP contribution in [0.15, 0.2) is 35.4 Å². The van der Waals surface area contributed by atoms with Gasteiger partial charge in [-0.25, -0.2) is 9.59 Å². The predicted molar refractivity (Wildman–Crippen MR) is 122 cm³/mol. The number of carbonyl (C=O) groups is 2. The average Bonchev–Trinajstić information content (AvgIpc) is 2.68. The molecular formula is C24H33N3O5. The van der Waals surface area contributed by atoms with E-state index < -0.39 is 23.7 Å². The zero-order valence-corrected chi connectivity index (χ0v) is 19.9. The molecule has 174 valence electrons.